The van der Waals surface area contributed by atoms with Gasteiger partial charge in [-0.3, -0.25) is 37.3 Å². The van der Waals surface area contributed by atoms with Gasteiger partial charge in [-0.2, -0.15) is 0 Å². The van der Waals surface area contributed by atoms with Crippen molar-refractivity contribution in [3.8, 4) is 0 Å². The maximum Gasteiger partial charge on any atom is 0.472 e. The van der Waals surface area contributed by atoms with Crippen LogP contribution in [-0.2, 0) is 65.4 Å². The summed E-state index contributed by atoms with van der Waals surface area (Å²) in [5.74, 6) is -0.610. The van der Waals surface area contributed by atoms with E-state index in [1.54, 1.807) is 0 Å². The van der Waals surface area contributed by atoms with Crippen LogP contribution in [0.2, 0.25) is 0 Å². The third-order valence-electron chi connectivity index (χ3n) is 21.0. The lowest BCUT2D eigenvalue weighted by Gasteiger charge is -2.21. The van der Waals surface area contributed by atoms with Gasteiger partial charge in [0.25, 0.3) is 0 Å². The van der Waals surface area contributed by atoms with Gasteiger partial charge in [-0.25, -0.2) is 9.13 Å². The second kappa shape index (κ2) is 80.3. The molecule has 642 valence electrons. The topological polar surface area (TPSA) is 237 Å². The molecule has 19 heteroatoms. The summed E-state index contributed by atoms with van der Waals surface area (Å²) in [7, 11) is -9.93. The van der Waals surface area contributed by atoms with Gasteiger partial charge in [0.05, 0.1) is 26.4 Å². The van der Waals surface area contributed by atoms with Crippen LogP contribution >= 0.6 is 15.6 Å². The molecule has 0 saturated carbocycles. The van der Waals surface area contributed by atoms with Crippen LogP contribution in [0.4, 0.5) is 0 Å². The van der Waals surface area contributed by atoms with Crippen LogP contribution in [0.15, 0.2) is 0 Å². The van der Waals surface area contributed by atoms with Gasteiger partial charge in [0, 0.05) is 25.7 Å². The molecule has 17 nitrogen and oxygen atoms in total. The number of phosphoric acid groups is 2. The second-order valence-corrected chi connectivity index (χ2v) is 35.8. The lowest BCUT2D eigenvalue weighted by atomic mass is 10.0. The Labute approximate surface area is 664 Å². The zero-order valence-electron chi connectivity index (χ0n) is 71.2. The van der Waals surface area contributed by atoms with E-state index in [9.17, 15) is 43.2 Å². The van der Waals surface area contributed by atoms with Crippen molar-refractivity contribution in [1.82, 2.24) is 0 Å². The first-order chi connectivity index (χ1) is 52.4. The number of carbonyl (C=O) groups excluding carboxylic acids is 4. The first-order valence-corrected chi connectivity index (χ1v) is 49.0. The number of aliphatic hydroxyl groups is 1. The third-order valence-corrected chi connectivity index (χ3v) is 22.9. The van der Waals surface area contributed by atoms with Crippen LogP contribution in [0.25, 0.3) is 0 Å². The minimum Gasteiger partial charge on any atom is -0.462 e. The SMILES string of the molecule is CCCCCCCCCCCCCCCCCCCCCCCCC(=O)O[C@H](COC(=O)CCCCCCCCCCCCCCCCCCCCCC)COP(=O)(O)OC[C@@H](O)COP(=O)(O)OC[C@@H](COC(=O)CCCCCCCCCC(C)C)OC(=O)CCCCCCCCCCCCCCCC(C)C. The molecule has 0 aliphatic heterocycles. The highest BCUT2D eigenvalue weighted by Crippen LogP contribution is 2.45. The predicted octanol–water partition coefficient (Wildman–Crippen LogP) is 27.4. The quantitative estimate of drug-likeness (QED) is 0.0222. The molecule has 0 heterocycles. The van der Waals surface area contributed by atoms with Crippen molar-refractivity contribution in [2.75, 3.05) is 39.6 Å². The van der Waals surface area contributed by atoms with E-state index in [1.165, 1.54) is 289 Å². The van der Waals surface area contributed by atoms with Crippen molar-refractivity contribution in [3.05, 3.63) is 0 Å². The van der Waals surface area contributed by atoms with Gasteiger partial charge in [0.15, 0.2) is 12.2 Å². The highest BCUT2D eigenvalue weighted by atomic mass is 31.2. The molecular weight excluding hydrogens is 1400 g/mol. The summed E-state index contributed by atoms with van der Waals surface area (Å²) in [6, 6.07) is 0. The molecule has 0 fully saturated rings. The zero-order chi connectivity index (χ0) is 79.2. The van der Waals surface area contributed by atoms with Crippen LogP contribution in [0.3, 0.4) is 0 Å². The Balaban J connectivity index is 5.21. The monoisotopic (exact) mass is 1580 g/mol. The van der Waals surface area contributed by atoms with E-state index < -0.39 is 97.5 Å². The van der Waals surface area contributed by atoms with Crippen molar-refractivity contribution in [3.63, 3.8) is 0 Å². The van der Waals surface area contributed by atoms with Crippen molar-refractivity contribution in [1.29, 1.82) is 0 Å². The Hall–Kier alpha value is -1.94. The first kappa shape index (κ1) is 106. The van der Waals surface area contributed by atoms with E-state index in [0.717, 1.165) is 102 Å². The van der Waals surface area contributed by atoms with Crippen molar-refractivity contribution in [2.24, 2.45) is 11.8 Å². The van der Waals surface area contributed by atoms with Crippen LogP contribution in [0.1, 0.15) is 478 Å². The number of hydrogen-bond acceptors (Lipinski definition) is 15. The summed E-state index contributed by atoms with van der Waals surface area (Å²) >= 11 is 0. The van der Waals surface area contributed by atoms with Gasteiger partial charge in [0.2, 0.25) is 0 Å². The molecule has 3 N–H and O–H groups in total. The number of carbonyl (C=O) groups is 4. The number of ether oxygens (including phenoxy) is 4. The lowest BCUT2D eigenvalue weighted by molar-refractivity contribution is -0.161. The summed E-state index contributed by atoms with van der Waals surface area (Å²) in [4.78, 5) is 73.3. The summed E-state index contributed by atoms with van der Waals surface area (Å²) in [6.45, 7) is 9.64. The summed E-state index contributed by atoms with van der Waals surface area (Å²) < 4.78 is 69.0. The molecule has 0 aromatic heterocycles. The molecule has 0 amide bonds. The number of esters is 4. The predicted molar refractivity (Wildman–Crippen MR) is 446 cm³/mol. The molecule has 0 aromatic carbocycles. The Morgan fingerprint density at radius 1 is 0.250 bits per heavy atom. The van der Waals surface area contributed by atoms with Crippen LogP contribution < -0.4 is 0 Å². The second-order valence-electron chi connectivity index (χ2n) is 32.9. The fourth-order valence-electron chi connectivity index (χ4n) is 14.0. The number of rotatable bonds is 88. The average molecular weight is 1580 g/mol. The van der Waals surface area contributed by atoms with E-state index in [2.05, 4.69) is 41.5 Å². The molecule has 0 radical (unpaired) electrons. The number of aliphatic hydroxyl groups excluding tert-OH is 1. The fourth-order valence-corrected chi connectivity index (χ4v) is 15.5. The molecule has 0 bridgehead atoms. The summed E-state index contributed by atoms with van der Waals surface area (Å²) in [5.41, 5.74) is 0. The number of unbranched alkanes of at least 4 members (excludes halogenated alkanes) is 58. The van der Waals surface area contributed by atoms with Gasteiger partial charge in [-0.1, -0.05) is 427 Å². The largest absolute Gasteiger partial charge is 0.472 e. The standard InChI is InChI=1S/C89H174O17P2/c1-7-9-11-13-15-17-19-21-23-25-27-29-30-32-34-36-40-44-48-54-61-67-73-88(93)105-84(77-99-86(91)71-65-59-53-47-43-39-35-33-31-28-26-24-22-20-18-16-14-12-10-8-2)79-103-107(95,96)101-75-83(90)76-102-108(97,98)104-80-85(78-100-87(92)72-66-60-56-50-52-58-64-70-82(5)6)106-89(94)74-68-62-55-49-45-41-37-38-42-46-51-57-63-69-81(3)4/h81-85,90H,7-80H2,1-6H3,(H,95,96)(H,97,98)/t83-,84-,85-/m1/s1. The maximum atomic E-state index is 13.2. The summed E-state index contributed by atoms with van der Waals surface area (Å²) in [6.07, 6.45) is 73.9. The first-order valence-electron chi connectivity index (χ1n) is 46.0. The Morgan fingerprint density at radius 2 is 0.426 bits per heavy atom. The van der Waals surface area contributed by atoms with Crippen LogP contribution in [0, 0.1) is 11.8 Å². The molecule has 0 aliphatic rings. The molecule has 0 spiro atoms. The van der Waals surface area contributed by atoms with Gasteiger partial charge in [0.1, 0.15) is 19.3 Å². The Kier molecular flexibility index (Phi) is 78.8. The normalized spacial score (nSPS) is 13.8. The molecule has 0 aromatic rings. The molecule has 0 aliphatic carbocycles. The molecular formula is C89H174O17P2. The zero-order valence-corrected chi connectivity index (χ0v) is 73.0. The van der Waals surface area contributed by atoms with Crippen LogP contribution in [0.5, 0.6) is 0 Å². The number of hydrogen-bond donors (Lipinski definition) is 3. The van der Waals surface area contributed by atoms with Gasteiger partial charge in [-0.05, 0) is 37.5 Å². The minimum absolute atomic E-state index is 0.107. The van der Waals surface area contributed by atoms with E-state index >= 15 is 0 Å². The van der Waals surface area contributed by atoms with E-state index in [1.807, 2.05) is 0 Å². The molecule has 108 heavy (non-hydrogen) atoms. The van der Waals surface area contributed by atoms with E-state index in [0.29, 0.717) is 31.6 Å². The fraction of sp³-hybridized carbons (Fsp3) is 0.955. The average Bonchev–Trinajstić information content (AvgIpc) is 0.885. The highest BCUT2D eigenvalue weighted by Gasteiger charge is 2.31. The Bertz CT molecular complexity index is 2060. The molecule has 0 saturated heterocycles. The van der Waals surface area contributed by atoms with Crippen molar-refractivity contribution < 1.29 is 80.2 Å². The number of phosphoric ester groups is 2. The van der Waals surface area contributed by atoms with Gasteiger partial charge < -0.3 is 33.8 Å². The molecule has 2 unspecified atom stereocenters. The van der Waals surface area contributed by atoms with Crippen molar-refractivity contribution in [2.45, 2.75) is 496 Å². The minimum atomic E-state index is -4.97. The van der Waals surface area contributed by atoms with Crippen LogP contribution in [-0.4, -0.2) is 96.7 Å². The van der Waals surface area contributed by atoms with Crippen molar-refractivity contribution >= 4 is 39.5 Å². The lowest BCUT2D eigenvalue weighted by Crippen LogP contribution is -2.30. The van der Waals surface area contributed by atoms with Gasteiger partial charge >= 0.3 is 39.5 Å². The highest BCUT2D eigenvalue weighted by molar-refractivity contribution is 7.47. The van der Waals surface area contributed by atoms with Gasteiger partial charge in [-0.15, -0.1) is 0 Å². The Morgan fingerprint density at radius 3 is 0.630 bits per heavy atom. The van der Waals surface area contributed by atoms with E-state index in [-0.39, 0.29) is 25.7 Å². The molecule has 0 rings (SSSR count). The maximum absolute atomic E-state index is 13.2. The smallest absolute Gasteiger partial charge is 0.462 e. The van der Waals surface area contributed by atoms with E-state index in [4.69, 9.17) is 37.0 Å². The summed E-state index contributed by atoms with van der Waals surface area (Å²) in [5, 5.41) is 10.7. The third kappa shape index (κ3) is 82.1. The molecule has 5 atom stereocenters.